The fourth-order valence-electron chi connectivity index (χ4n) is 2.01. The third kappa shape index (κ3) is 13.7. The van der Waals surface area contributed by atoms with Gasteiger partial charge in [0.2, 0.25) is 0 Å². The van der Waals surface area contributed by atoms with Crippen molar-refractivity contribution in [3.05, 3.63) is 0 Å². The molecule has 0 amide bonds. The van der Waals surface area contributed by atoms with Crippen molar-refractivity contribution in [1.29, 1.82) is 0 Å². The summed E-state index contributed by atoms with van der Waals surface area (Å²) in [7, 11) is 0. The Morgan fingerprint density at radius 1 is 0.895 bits per heavy atom. The molecule has 0 aromatic heterocycles. The highest BCUT2D eigenvalue weighted by Crippen LogP contribution is 2.12. The van der Waals surface area contributed by atoms with E-state index in [9.17, 15) is 4.79 Å². The molecule has 0 saturated heterocycles. The molecule has 0 fully saturated rings. The maximum Gasteiger partial charge on any atom is 0.334 e. The van der Waals surface area contributed by atoms with Gasteiger partial charge in [-0.05, 0) is 19.3 Å². The molecule has 1 unspecified atom stereocenters. The SMILES string of the molecule is CC(C)CCCCCCCCCCOC(=O)C(C)O. The first-order valence-corrected chi connectivity index (χ1v) is 7.88. The van der Waals surface area contributed by atoms with Crippen LogP contribution in [-0.2, 0) is 9.53 Å². The zero-order chi connectivity index (χ0) is 14.5. The molecule has 0 heterocycles. The van der Waals surface area contributed by atoms with Crippen LogP contribution in [0.15, 0.2) is 0 Å². The summed E-state index contributed by atoms with van der Waals surface area (Å²) in [6.45, 7) is 6.44. The van der Waals surface area contributed by atoms with Crippen molar-refractivity contribution in [3.8, 4) is 0 Å². The Morgan fingerprint density at radius 3 is 1.84 bits per heavy atom. The van der Waals surface area contributed by atoms with Gasteiger partial charge in [0.1, 0.15) is 6.10 Å². The summed E-state index contributed by atoms with van der Waals surface area (Å²) in [5.74, 6) is 0.328. The van der Waals surface area contributed by atoms with Crippen molar-refractivity contribution in [1.82, 2.24) is 0 Å². The van der Waals surface area contributed by atoms with Gasteiger partial charge in [-0.25, -0.2) is 4.79 Å². The van der Waals surface area contributed by atoms with E-state index in [0.29, 0.717) is 6.61 Å². The van der Waals surface area contributed by atoms with E-state index < -0.39 is 12.1 Å². The van der Waals surface area contributed by atoms with Gasteiger partial charge in [0.25, 0.3) is 0 Å². The van der Waals surface area contributed by atoms with Crippen molar-refractivity contribution < 1.29 is 14.6 Å². The van der Waals surface area contributed by atoms with Crippen LogP contribution >= 0.6 is 0 Å². The van der Waals surface area contributed by atoms with Crippen molar-refractivity contribution >= 4 is 5.97 Å². The number of ether oxygens (including phenoxy) is 1. The number of rotatable bonds is 12. The lowest BCUT2D eigenvalue weighted by molar-refractivity contribution is -0.152. The quantitative estimate of drug-likeness (QED) is 0.430. The van der Waals surface area contributed by atoms with Crippen LogP contribution in [0.2, 0.25) is 0 Å². The predicted molar refractivity (Wildman–Crippen MR) is 79.0 cm³/mol. The van der Waals surface area contributed by atoms with Gasteiger partial charge in [-0.15, -0.1) is 0 Å². The number of hydrogen-bond acceptors (Lipinski definition) is 3. The molecular weight excluding hydrogens is 240 g/mol. The van der Waals surface area contributed by atoms with Gasteiger partial charge in [0, 0.05) is 0 Å². The number of esters is 1. The molecule has 3 nitrogen and oxygen atoms in total. The third-order valence-electron chi connectivity index (χ3n) is 3.26. The van der Waals surface area contributed by atoms with E-state index in [4.69, 9.17) is 9.84 Å². The van der Waals surface area contributed by atoms with Crippen molar-refractivity contribution in [2.45, 2.75) is 84.7 Å². The van der Waals surface area contributed by atoms with E-state index in [1.807, 2.05) is 0 Å². The molecule has 0 aromatic rings. The van der Waals surface area contributed by atoms with Gasteiger partial charge in [-0.1, -0.05) is 65.2 Å². The molecule has 19 heavy (non-hydrogen) atoms. The highest BCUT2D eigenvalue weighted by Gasteiger charge is 2.08. The second kappa shape index (κ2) is 12.5. The summed E-state index contributed by atoms with van der Waals surface area (Å²) in [5.41, 5.74) is 0. The van der Waals surface area contributed by atoms with E-state index >= 15 is 0 Å². The van der Waals surface area contributed by atoms with Crippen LogP contribution < -0.4 is 0 Å². The van der Waals surface area contributed by atoms with Crippen LogP contribution in [0, 0.1) is 5.92 Å². The molecule has 0 aromatic carbocycles. The molecule has 0 radical (unpaired) electrons. The maximum absolute atomic E-state index is 11.0. The monoisotopic (exact) mass is 272 g/mol. The molecule has 0 bridgehead atoms. The lowest BCUT2D eigenvalue weighted by atomic mass is 10.0. The molecule has 0 saturated carbocycles. The fraction of sp³-hybridized carbons (Fsp3) is 0.938. The molecule has 0 rings (SSSR count). The molecule has 0 aliphatic rings. The molecule has 0 aliphatic heterocycles. The van der Waals surface area contributed by atoms with Crippen LogP contribution in [0.1, 0.15) is 78.6 Å². The first kappa shape index (κ1) is 18.4. The van der Waals surface area contributed by atoms with Gasteiger partial charge >= 0.3 is 5.97 Å². The van der Waals surface area contributed by atoms with Crippen LogP contribution in [0.25, 0.3) is 0 Å². The van der Waals surface area contributed by atoms with Gasteiger partial charge in [-0.2, -0.15) is 0 Å². The second-order valence-electron chi connectivity index (χ2n) is 5.85. The Labute approximate surface area is 118 Å². The van der Waals surface area contributed by atoms with Crippen LogP contribution in [-0.4, -0.2) is 23.8 Å². The third-order valence-corrected chi connectivity index (χ3v) is 3.26. The van der Waals surface area contributed by atoms with E-state index in [-0.39, 0.29) is 0 Å². The second-order valence-corrected chi connectivity index (χ2v) is 5.85. The summed E-state index contributed by atoms with van der Waals surface area (Å²) in [5, 5.41) is 8.92. The largest absolute Gasteiger partial charge is 0.464 e. The summed E-state index contributed by atoms with van der Waals surface area (Å²) in [6.07, 6.45) is 10.3. The van der Waals surface area contributed by atoms with E-state index in [1.165, 1.54) is 51.9 Å². The van der Waals surface area contributed by atoms with Crippen LogP contribution in [0.4, 0.5) is 0 Å². The molecule has 1 atom stereocenters. The minimum Gasteiger partial charge on any atom is -0.464 e. The van der Waals surface area contributed by atoms with Crippen LogP contribution in [0.3, 0.4) is 0 Å². The van der Waals surface area contributed by atoms with E-state index in [0.717, 1.165) is 18.8 Å². The summed E-state index contributed by atoms with van der Waals surface area (Å²) in [6, 6.07) is 0. The summed E-state index contributed by atoms with van der Waals surface area (Å²) in [4.78, 5) is 11.0. The molecule has 0 aliphatic carbocycles. The van der Waals surface area contributed by atoms with Crippen molar-refractivity contribution in [2.24, 2.45) is 5.92 Å². The number of carbonyl (C=O) groups excluding carboxylic acids is 1. The van der Waals surface area contributed by atoms with Crippen LogP contribution in [0.5, 0.6) is 0 Å². The van der Waals surface area contributed by atoms with Gasteiger partial charge in [0.15, 0.2) is 0 Å². The standard InChI is InChI=1S/C16H32O3/c1-14(2)12-10-8-6-4-5-7-9-11-13-19-16(18)15(3)17/h14-15,17H,4-13H2,1-3H3. The Morgan fingerprint density at radius 2 is 1.37 bits per heavy atom. The zero-order valence-corrected chi connectivity index (χ0v) is 13.0. The Bertz CT molecular complexity index is 212. The number of hydrogen-bond donors (Lipinski definition) is 1. The fourth-order valence-corrected chi connectivity index (χ4v) is 2.01. The molecule has 3 heteroatoms. The number of aliphatic hydroxyl groups is 1. The molecule has 0 spiro atoms. The highest BCUT2D eigenvalue weighted by atomic mass is 16.5. The zero-order valence-electron chi connectivity index (χ0n) is 13.0. The topological polar surface area (TPSA) is 46.5 Å². The molecule has 114 valence electrons. The number of aliphatic hydroxyl groups excluding tert-OH is 1. The Kier molecular flexibility index (Phi) is 12.1. The number of carbonyl (C=O) groups is 1. The number of unbranched alkanes of at least 4 members (excludes halogenated alkanes) is 7. The normalized spacial score (nSPS) is 12.7. The average molecular weight is 272 g/mol. The Hall–Kier alpha value is -0.570. The molecular formula is C16H32O3. The smallest absolute Gasteiger partial charge is 0.334 e. The maximum atomic E-state index is 11.0. The average Bonchev–Trinajstić information content (AvgIpc) is 2.35. The van der Waals surface area contributed by atoms with Gasteiger partial charge in [0.05, 0.1) is 6.61 Å². The van der Waals surface area contributed by atoms with Gasteiger partial charge in [-0.3, -0.25) is 0 Å². The minimum atomic E-state index is -0.995. The lowest BCUT2D eigenvalue weighted by Gasteiger charge is -2.06. The molecule has 1 N–H and O–H groups in total. The highest BCUT2D eigenvalue weighted by molar-refractivity contribution is 5.73. The summed E-state index contributed by atoms with van der Waals surface area (Å²) < 4.78 is 4.90. The van der Waals surface area contributed by atoms with Gasteiger partial charge < -0.3 is 9.84 Å². The minimum absolute atomic E-state index is 0.443. The predicted octanol–water partition coefficient (Wildman–Crippen LogP) is 4.08. The van der Waals surface area contributed by atoms with Crippen molar-refractivity contribution in [3.63, 3.8) is 0 Å². The van der Waals surface area contributed by atoms with E-state index in [1.54, 1.807) is 0 Å². The van der Waals surface area contributed by atoms with Crippen molar-refractivity contribution in [2.75, 3.05) is 6.61 Å². The van der Waals surface area contributed by atoms with E-state index in [2.05, 4.69) is 13.8 Å². The Balaban J connectivity index is 3.09. The first-order valence-electron chi connectivity index (χ1n) is 7.88. The summed E-state index contributed by atoms with van der Waals surface area (Å²) >= 11 is 0. The lowest BCUT2D eigenvalue weighted by Crippen LogP contribution is -2.19. The first-order chi connectivity index (χ1) is 9.04.